The molecule has 0 amide bonds. The van der Waals surface area contributed by atoms with Crippen LogP contribution in [-0.2, 0) is 0 Å². The molecule has 0 aromatic carbocycles. The van der Waals surface area contributed by atoms with Crippen LogP contribution in [0.1, 0.15) is 0 Å². The molecule has 0 heterocycles. The molecule has 7 heteroatoms. The summed E-state index contributed by atoms with van der Waals surface area (Å²) in [5.74, 6) is 0. The Hall–Kier alpha value is 0.0838. The lowest BCUT2D eigenvalue weighted by Crippen LogP contribution is -2.15. The van der Waals surface area contributed by atoms with Gasteiger partial charge in [0.05, 0.1) is 0 Å². The van der Waals surface area contributed by atoms with E-state index in [-0.39, 0.29) is 12.1 Å². The Morgan fingerprint density at radius 1 is 1.25 bits per heavy atom. The number of alkyl halides is 2. The highest BCUT2D eigenvalue weighted by Crippen LogP contribution is 2.17. The minimum absolute atomic E-state index is 0.0426. The summed E-state index contributed by atoms with van der Waals surface area (Å²) >= 11 is 0. The summed E-state index contributed by atoms with van der Waals surface area (Å²) in [5.41, 5.74) is 0. The van der Waals surface area contributed by atoms with Crippen LogP contribution < -0.4 is 0 Å². The van der Waals surface area contributed by atoms with Crippen molar-refractivity contribution < 1.29 is 21.1 Å². The van der Waals surface area contributed by atoms with Crippen LogP contribution in [0.2, 0.25) is 18.1 Å². The topological polar surface area (TPSA) is 0 Å². The van der Waals surface area contributed by atoms with Crippen molar-refractivity contribution in [2.24, 2.45) is 0 Å². The van der Waals surface area contributed by atoms with Crippen LogP contribution in [0, 0.1) is 0 Å². The van der Waals surface area contributed by atoms with E-state index in [2.05, 4.69) is 0 Å². The van der Waals surface area contributed by atoms with Gasteiger partial charge in [-0.3, -0.25) is 0 Å². The molecule has 0 radical (unpaired) electrons. The first-order valence-corrected chi connectivity index (χ1v) is 7.56. The summed E-state index contributed by atoms with van der Waals surface area (Å²) in [7, 11) is -6.45. The van der Waals surface area contributed by atoms with Crippen molar-refractivity contribution >= 4 is 18.6 Å². The summed E-state index contributed by atoms with van der Waals surface area (Å²) in [5, 5.41) is 0. The van der Waals surface area contributed by atoms with Gasteiger partial charge in [-0.1, -0.05) is 6.04 Å². The lowest BCUT2D eigenvalue weighted by molar-refractivity contribution is 0.281. The van der Waals surface area contributed by atoms with Crippen LogP contribution in [0.5, 0.6) is 0 Å². The predicted octanol–water partition coefficient (Wildman–Crippen LogP) is 2.15. The smallest absolute Gasteiger partial charge is 0.248 e. The second-order valence-electron chi connectivity index (χ2n) is 2.61. The molecule has 0 rings (SSSR count). The Morgan fingerprint density at radius 2 is 1.83 bits per heavy atom. The fraction of sp³-hybridized carbons (Fsp3) is 1.00. The summed E-state index contributed by atoms with van der Waals surface area (Å²) in [4.78, 5) is 0. The molecule has 0 aliphatic heterocycles. The minimum atomic E-state index is -5.42. The molecule has 0 saturated carbocycles. The number of hydrogen-bond donors (Lipinski definition) is 0. The Kier molecular flexibility index (Phi) is 5.72. The van der Waals surface area contributed by atoms with E-state index >= 15 is 0 Å². The van der Waals surface area contributed by atoms with Crippen LogP contribution in [0.4, 0.5) is 21.1 Å². The van der Waals surface area contributed by atoms with E-state index in [1.807, 2.05) is 0 Å². The van der Waals surface area contributed by atoms with E-state index in [4.69, 9.17) is 0 Å². The van der Waals surface area contributed by atoms with Crippen LogP contribution in [0.3, 0.4) is 0 Å². The zero-order valence-electron chi connectivity index (χ0n) is 6.50. The second-order valence-corrected chi connectivity index (χ2v) is 6.33. The SMILES string of the molecule is FCC(F)C[SiH2]CC[Si](F)(F)F. The zero-order chi connectivity index (χ0) is 9.61. The molecule has 0 fully saturated rings. The molecule has 0 nitrogen and oxygen atoms in total. The molecule has 0 spiro atoms. The highest BCUT2D eigenvalue weighted by atomic mass is 28.5. The lowest BCUT2D eigenvalue weighted by atomic mass is 10.5. The molecule has 0 aromatic heterocycles. The van der Waals surface area contributed by atoms with E-state index in [0.717, 1.165) is 0 Å². The Balaban J connectivity index is 3.22. The van der Waals surface area contributed by atoms with Crippen LogP contribution in [0.25, 0.3) is 0 Å². The third-order valence-electron chi connectivity index (χ3n) is 1.40. The van der Waals surface area contributed by atoms with Gasteiger partial charge >= 0.3 is 9.08 Å². The van der Waals surface area contributed by atoms with Crippen LogP contribution >= 0.6 is 0 Å². The van der Waals surface area contributed by atoms with Crippen molar-refractivity contribution in [3.63, 3.8) is 0 Å². The van der Waals surface area contributed by atoms with E-state index < -0.39 is 37.5 Å². The molecule has 0 aliphatic carbocycles. The van der Waals surface area contributed by atoms with Gasteiger partial charge in [-0.2, -0.15) is 0 Å². The third kappa shape index (κ3) is 8.18. The molecular formula is C5H11F5Si2. The molecule has 12 heavy (non-hydrogen) atoms. The van der Waals surface area contributed by atoms with Gasteiger partial charge in [-0.15, -0.1) is 0 Å². The fourth-order valence-corrected chi connectivity index (χ4v) is 4.26. The van der Waals surface area contributed by atoms with E-state index in [9.17, 15) is 21.1 Å². The Morgan fingerprint density at radius 3 is 2.25 bits per heavy atom. The largest absolute Gasteiger partial charge is 0.615 e. The first-order valence-electron chi connectivity index (χ1n) is 3.72. The van der Waals surface area contributed by atoms with Crippen LogP contribution in [0.15, 0.2) is 0 Å². The first kappa shape index (κ1) is 12.1. The zero-order valence-corrected chi connectivity index (χ0v) is 8.92. The monoisotopic (exact) mass is 222 g/mol. The quantitative estimate of drug-likeness (QED) is 0.279. The van der Waals surface area contributed by atoms with E-state index in [1.54, 1.807) is 0 Å². The molecule has 0 bridgehead atoms. The maximum atomic E-state index is 12.1. The summed E-state index contributed by atoms with van der Waals surface area (Å²) in [6.45, 7) is -1.06. The highest BCUT2D eigenvalue weighted by molar-refractivity contribution is 6.59. The summed E-state index contributed by atoms with van der Waals surface area (Å²) in [6, 6.07) is -0.588. The van der Waals surface area contributed by atoms with Gasteiger partial charge in [0, 0.05) is 15.6 Å². The highest BCUT2D eigenvalue weighted by Gasteiger charge is 2.35. The summed E-state index contributed by atoms with van der Waals surface area (Å²) < 4.78 is 58.6. The number of hydrogen-bond acceptors (Lipinski definition) is 0. The second kappa shape index (κ2) is 5.68. The average Bonchev–Trinajstić information content (AvgIpc) is 1.96. The predicted molar refractivity (Wildman–Crippen MR) is 42.9 cm³/mol. The van der Waals surface area contributed by atoms with E-state index in [1.165, 1.54) is 0 Å². The maximum Gasteiger partial charge on any atom is 0.615 e. The van der Waals surface area contributed by atoms with Gasteiger partial charge in [0.25, 0.3) is 0 Å². The van der Waals surface area contributed by atoms with Crippen molar-refractivity contribution in [2.45, 2.75) is 24.3 Å². The third-order valence-corrected chi connectivity index (χ3v) is 4.91. The number of rotatable bonds is 6. The van der Waals surface area contributed by atoms with Gasteiger partial charge in [-0.25, -0.2) is 21.1 Å². The Labute approximate surface area is 71.5 Å². The van der Waals surface area contributed by atoms with Gasteiger partial charge < -0.3 is 0 Å². The normalized spacial score (nSPS) is 15.8. The molecule has 0 aromatic rings. The minimum Gasteiger partial charge on any atom is -0.248 e. The maximum absolute atomic E-state index is 12.1. The number of halogens is 5. The van der Waals surface area contributed by atoms with Crippen molar-refractivity contribution in [3.8, 4) is 0 Å². The van der Waals surface area contributed by atoms with Gasteiger partial charge in [-0.05, 0) is 6.04 Å². The molecule has 0 N–H and O–H groups in total. The molecule has 1 unspecified atom stereocenters. The molecule has 0 aliphatic rings. The van der Waals surface area contributed by atoms with Crippen molar-refractivity contribution in [1.82, 2.24) is 0 Å². The van der Waals surface area contributed by atoms with Gasteiger partial charge in [0.1, 0.15) is 12.8 Å². The molecule has 1 atom stereocenters. The fourth-order valence-electron chi connectivity index (χ4n) is 0.768. The first-order chi connectivity index (χ1) is 5.45. The van der Waals surface area contributed by atoms with Crippen molar-refractivity contribution in [3.05, 3.63) is 0 Å². The molecular weight excluding hydrogens is 211 g/mol. The van der Waals surface area contributed by atoms with Gasteiger partial charge in [0.2, 0.25) is 0 Å². The average molecular weight is 222 g/mol. The van der Waals surface area contributed by atoms with Crippen LogP contribution in [-0.4, -0.2) is 31.4 Å². The lowest BCUT2D eigenvalue weighted by Gasteiger charge is -2.03. The summed E-state index contributed by atoms with van der Waals surface area (Å²) in [6.07, 6.45) is -1.52. The Bertz CT molecular complexity index is 115. The standard InChI is InChI=1S/C5H11F5Si2/c6-3-5(7)4-11-1-2-12(8,9)10/h5H,1-4,11H2. The van der Waals surface area contributed by atoms with Crippen molar-refractivity contribution in [1.29, 1.82) is 0 Å². The van der Waals surface area contributed by atoms with E-state index in [0.29, 0.717) is 0 Å². The molecule has 0 saturated heterocycles. The van der Waals surface area contributed by atoms with Crippen molar-refractivity contribution in [2.75, 3.05) is 6.67 Å². The van der Waals surface area contributed by atoms with Gasteiger partial charge in [0.15, 0.2) is 0 Å². The molecule has 74 valence electrons.